The number of ether oxygens (including phenoxy) is 2. The summed E-state index contributed by atoms with van der Waals surface area (Å²) in [7, 11) is 3.69. The molecular weight excluding hydrogens is 840 g/mol. The van der Waals surface area contributed by atoms with Crippen molar-refractivity contribution in [2.45, 2.75) is 90.5 Å². The molecule has 63 heavy (non-hydrogen) atoms. The van der Waals surface area contributed by atoms with Crippen LogP contribution in [0.3, 0.4) is 0 Å². The van der Waals surface area contributed by atoms with Crippen LogP contribution in [0.15, 0.2) is 85.7 Å². The third kappa shape index (κ3) is 14.4. The zero-order chi connectivity index (χ0) is 45.9. The lowest BCUT2D eigenvalue weighted by atomic mass is 10.0. The Labute approximate surface area is 379 Å². The monoisotopic (exact) mass is 896 g/mol. The number of halogens is 1. The molecular formula is C45H57ClN12O4S. The number of nitrogen functional groups attached to an aromatic ring is 1. The SMILES string of the molecule is CC(C)(C)OC(=O)NC1CCc2cc(-c3ccnc(Cl)n3)ccc21.CS.Cn1cc(N)cn1.Cn1cc(Nc2nccc(-c3ccc4c(c3)CCC4NC(=O)OC(C)(C)C)n2)cn1. The van der Waals surface area contributed by atoms with Crippen LogP contribution < -0.4 is 21.7 Å². The molecule has 16 nitrogen and oxygen atoms in total. The van der Waals surface area contributed by atoms with Gasteiger partial charge in [-0.2, -0.15) is 22.8 Å². The largest absolute Gasteiger partial charge is 0.444 e. The fourth-order valence-corrected chi connectivity index (χ4v) is 7.03. The van der Waals surface area contributed by atoms with Gasteiger partial charge in [0.15, 0.2) is 0 Å². The average Bonchev–Trinajstić information content (AvgIpc) is 4.02. The number of thiol groups is 1. The van der Waals surface area contributed by atoms with Gasteiger partial charge >= 0.3 is 12.2 Å². The molecule has 0 aliphatic heterocycles. The van der Waals surface area contributed by atoms with Gasteiger partial charge in [0.2, 0.25) is 11.2 Å². The van der Waals surface area contributed by atoms with Gasteiger partial charge in [-0.3, -0.25) is 9.36 Å². The number of amides is 2. The third-order valence-electron chi connectivity index (χ3n) is 9.38. The Bertz CT molecular complexity index is 2460. The molecule has 18 heteroatoms. The lowest BCUT2D eigenvalue weighted by molar-refractivity contribution is 0.0492. The number of nitrogens with one attached hydrogen (secondary N) is 3. The standard InChI is InChI=1S/C22H26N6O2.C18H20ClN3O2.C4H7N3.CH4S/c1-22(2,3)30-21(29)27-19-8-6-14-11-15(5-7-17(14)19)18-9-10-23-20(26-18)25-16-12-24-28(4)13-16;1-18(2,3)24-17(23)22-15-7-5-11-10-12(4-6-13(11)15)14-8-9-20-16(19)21-14;1-7-3-4(5)2-6-7;1-2/h5,7,9-13,19H,6,8H2,1-4H3,(H,27,29)(H,23,25,26);4,6,8-10,15H,5,7H2,1-3H3,(H,22,23);2-3H,5H2,1H3;2H,1H3. The minimum absolute atomic E-state index is 0.0158. The number of carbonyl (C=O) groups excluding carboxylic acids is 2. The highest BCUT2D eigenvalue weighted by Crippen LogP contribution is 2.36. The molecule has 8 rings (SSSR count). The van der Waals surface area contributed by atoms with Crippen molar-refractivity contribution in [1.29, 1.82) is 0 Å². The number of anilines is 3. The molecule has 6 aromatic rings. The van der Waals surface area contributed by atoms with Gasteiger partial charge in [-0.15, -0.1) is 0 Å². The van der Waals surface area contributed by atoms with Crippen LogP contribution in [0.5, 0.6) is 0 Å². The van der Waals surface area contributed by atoms with Gasteiger partial charge in [-0.05, 0) is 132 Å². The predicted octanol–water partition coefficient (Wildman–Crippen LogP) is 8.99. The second-order valence-corrected chi connectivity index (χ2v) is 17.1. The summed E-state index contributed by atoms with van der Waals surface area (Å²) in [4.78, 5) is 41.2. The highest BCUT2D eigenvalue weighted by atomic mass is 35.5. The third-order valence-corrected chi connectivity index (χ3v) is 9.56. The number of alkyl carbamates (subject to hydrolysis) is 2. The van der Waals surface area contributed by atoms with Gasteiger partial charge in [-0.25, -0.2) is 29.5 Å². The number of benzene rings is 2. The van der Waals surface area contributed by atoms with E-state index in [1.165, 1.54) is 11.1 Å². The van der Waals surface area contributed by atoms with E-state index in [1.54, 1.807) is 46.6 Å². The van der Waals surface area contributed by atoms with Gasteiger partial charge in [-0.1, -0.05) is 24.3 Å². The van der Waals surface area contributed by atoms with Crippen LogP contribution in [0.4, 0.5) is 26.9 Å². The minimum atomic E-state index is -0.510. The summed E-state index contributed by atoms with van der Waals surface area (Å²) in [6, 6.07) is 16.0. The fraction of sp³-hybridized carbons (Fsp3) is 0.378. The van der Waals surface area contributed by atoms with E-state index in [9.17, 15) is 9.59 Å². The molecule has 334 valence electrons. The molecule has 2 aromatic carbocycles. The Balaban J connectivity index is 0.000000202. The zero-order valence-electron chi connectivity index (χ0n) is 37.2. The Kier molecular flexibility index (Phi) is 16.1. The maximum Gasteiger partial charge on any atom is 0.408 e. The van der Waals surface area contributed by atoms with Crippen LogP contribution in [0, 0.1) is 0 Å². The molecule has 2 unspecified atom stereocenters. The summed E-state index contributed by atoms with van der Waals surface area (Å²) in [6.07, 6.45) is 14.8. The topological polar surface area (TPSA) is 202 Å². The van der Waals surface area contributed by atoms with Crippen LogP contribution in [-0.4, -0.2) is 69.1 Å². The van der Waals surface area contributed by atoms with Crippen LogP contribution in [-0.2, 0) is 36.4 Å². The second-order valence-electron chi connectivity index (χ2n) is 16.8. The van der Waals surface area contributed by atoms with E-state index in [1.807, 2.05) is 92.2 Å². The van der Waals surface area contributed by atoms with Crippen molar-refractivity contribution in [2.75, 3.05) is 17.3 Å². The molecule has 0 bridgehead atoms. The first-order valence-electron chi connectivity index (χ1n) is 20.4. The molecule has 2 aliphatic rings. The second kappa shape index (κ2) is 21.3. The van der Waals surface area contributed by atoms with Crippen molar-refractivity contribution in [2.24, 2.45) is 14.1 Å². The fourth-order valence-electron chi connectivity index (χ4n) is 6.88. The van der Waals surface area contributed by atoms with E-state index < -0.39 is 11.2 Å². The van der Waals surface area contributed by atoms with Gasteiger partial charge < -0.3 is 31.2 Å². The predicted molar refractivity (Wildman–Crippen MR) is 250 cm³/mol. The molecule has 0 saturated carbocycles. The van der Waals surface area contributed by atoms with Crippen molar-refractivity contribution in [3.8, 4) is 22.5 Å². The highest BCUT2D eigenvalue weighted by molar-refractivity contribution is 7.79. The molecule has 0 radical (unpaired) electrons. The maximum absolute atomic E-state index is 12.1. The smallest absolute Gasteiger partial charge is 0.408 e. The maximum atomic E-state index is 12.1. The van der Waals surface area contributed by atoms with Crippen LogP contribution in [0.25, 0.3) is 22.5 Å². The molecule has 2 atom stereocenters. The van der Waals surface area contributed by atoms with E-state index >= 15 is 0 Å². The summed E-state index contributed by atoms with van der Waals surface area (Å²) < 4.78 is 14.1. The molecule has 5 N–H and O–H groups in total. The van der Waals surface area contributed by atoms with Crippen molar-refractivity contribution >= 4 is 53.7 Å². The van der Waals surface area contributed by atoms with E-state index in [0.29, 0.717) is 11.6 Å². The molecule has 4 heterocycles. The molecule has 4 aromatic heterocycles. The molecule has 0 fully saturated rings. The van der Waals surface area contributed by atoms with E-state index in [0.717, 1.165) is 65.0 Å². The van der Waals surface area contributed by atoms with Crippen LogP contribution in [0.1, 0.15) is 88.7 Å². The number of carbonyl (C=O) groups is 2. The number of aromatic nitrogens is 8. The van der Waals surface area contributed by atoms with Crippen molar-refractivity contribution in [1.82, 2.24) is 50.1 Å². The van der Waals surface area contributed by atoms with Gasteiger partial charge in [0.1, 0.15) is 11.2 Å². The lowest BCUT2D eigenvalue weighted by Gasteiger charge is -2.22. The Hall–Kier alpha value is -6.20. The van der Waals surface area contributed by atoms with Gasteiger partial charge in [0, 0.05) is 50.0 Å². The molecule has 0 spiro atoms. The Morgan fingerprint density at radius 3 is 1.65 bits per heavy atom. The Morgan fingerprint density at radius 2 is 1.22 bits per heavy atom. The first-order chi connectivity index (χ1) is 29.9. The normalized spacial score (nSPS) is 14.8. The average molecular weight is 898 g/mol. The number of nitrogens with two attached hydrogens (primary N) is 1. The van der Waals surface area contributed by atoms with Crippen molar-refractivity contribution in [3.05, 3.63) is 113 Å². The molecule has 2 aliphatic carbocycles. The van der Waals surface area contributed by atoms with E-state index in [-0.39, 0.29) is 29.6 Å². The first-order valence-corrected chi connectivity index (χ1v) is 21.7. The van der Waals surface area contributed by atoms with Crippen LogP contribution >= 0.6 is 24.2 Å². The summed E-state index contributed by atoms with van der Waals surface area (Å²) in [5.74, 6) is 0.519. The van der Waals surface area contributed by atoms with E-state index in [2.05, 4.69) is 76.9 Å². The highest BCUT2D eigenvalue weighted by Gasteiger charge is 2.28. The van der Waals surface area contributed by atoms with Gasteiger partial charge in [0.05, 0.1) is 47.2 Å². The number of rotatable bonds is 6. The van der Waals surface area contributed by atoms with E-state index in [4.69, 9.17) is 26.8 Å². The number of nitrogens with zero attached hydrogens (tertiary/aromatic N) is 8. The number of hydrogen-bond acceptors (Lipinski definition) is 13. The Morgan fingerprint density at radius 1 is 0.730 bits per heavy atom. The molecule has 2 amide bonds. The molecule has 0 saturated heterocycles. The lowest BCUT2D eigenvalue weighted by Crippen LogP contribution is -2.34. The summed E-state index contributed by atoms with van der Waals surface area (Å²) in [5.41, 5.74) is 14.2. The van der Waals surface area contributed by atoms with Crippen molar-refractivity contribution in [3.63, 3.8) is 0 Å². The summed E-state index contributed by atoms with van der Waals surface area (Å²) in [5, 5.41) is 17.3. The first kappa shape index (κ1) is 47.8. The van der Waals surface area contributed by atoms with Crippen LogP contribution in [0.2, 0.25) is 5.28 Å². The van der Waals surface area contributed by atoms with Gasteiger partial charge in [0.25, 0.3) is 0 Å². The minimum Gasteiger partial charge on any atom is -0.444 e. The van der Waals surface area contributed by atoms with Crippen molar-refractivity contribution < 1.29 is 19.1 Å². The number of hydrogen-bond donors (Lipinski definition) is 5. The number of aryl methyl sites for hydroxylation is 4. The summed E-state index contributed by atoms with van der Waals surface area (Å²) >= 11 is 9.39. The zero-order valence-corrected chi connectivity index (χ0v) is 38.8. The number of fused-ring (bicyclic) bond motifs is 2. The summed E-state index contributed by atoms with van der Waals surface area (Å²) in [6.45, 7) is 11.2. The quantitative estimate of drug-likeness (QED) is 0.0786.